The van der Waals surface area contributed by atoms with E-state index in [1.54, 1.807) is 17.5 Å². The summed E-state index contributed by atoms with van der Waals surface area (Å²) in [6, 6.07) is 32.5. The molecule has 3 aliphatic rings. The van der Waals surface area contributed by atoms with Crippen molar-refractivity contribution in [2.45, 2.75) is 87.2 Å². The second-order valence-electron chi connectivity index (χ2n) is 15.0. The standard InChI is InChI=1S/C44H47NO5S2/c1-31-11-9-24-43(2)40(38-22-20-32(27-36(46)21-19-31)28-39(38)42(47)34-13-4-3-5-14-34)23-25-44(43,48)30-45(52(49,50)41-18-10-26-51-41)29-35-16-8-15-33-12-6-7-17-37(33)35/h3-8,10-18,20,22,26,28,36,40,46,48H,9,19,21,23-25,27,29-30H2,1-2H3/t36-,40-,43-,44+/m0/s1. The van der Waals surface area contributed by atoms with Gasteiger partial charge in [-0.25, -0.2) is 8.42 Å². The maximum absolute atomic E-state index is 14.5. The number of allylic oxidation sites excluding steroid dienone is 2. The highest BCUT2D eigenvalue weighted by Crippen LogP contribution is 2.59. The molecule has 52 heavy (non-hydrogen) atoms. The molecule has 0 spiro atoms. The van der Waals surface area contributed by atoms with E-state index in [2.05, 4.69) is 19.9 Å². The second-order valence-corrected chi connectivity index (χ2v) is 18.1. The number of rotatable bonds is 8. The lowest BCUT2D eigenvalue weighted by molar-refractivity contribution is -0.0731. The average Bonchev–Trinajstić information content (AvgIpc) is 3.78. The normalized spacial score (nSPS) is 24.1. The zero-order valence-electron chi connectivity index (χ0n) is 29.9. The van der Waals surface area contributed by atoms with E-state index in [9.17, 15) is 23.4 Å². The minimum atomic E-state index is -3.98. The van der Waals surface area contributed by atoms with Crippen LogP contribution in [0.5, 0.6) is 0 Å². The molecule has 3 aliphatic carbocycles. The molecule has 4 aromatic carbocycles. The fourth-order valence-electron chi connectivity index (χ4n) is 8.62. The molecule has 8 heteroatoms. The molecule has 2 bridgehead atoms. The minimum Gasteiger partial charge on any atom is -0.393 e. The van der Waals surface area contributed by atoms with Gasteiger partial charge in [0.25, 0.3) is 10.0 Å². The van der Waals surface area contributed by atoms with Gasteiger partial charge in [-0.1, -0.05) is 110 Å². The second kappa shape index (κ2) is 14.8. The van der Waals surface area contributed by atoms with Gasteiger partial charge in [0.15, 0.2) is 5.78 Å². The van der Waals surface area contributed by atoms with Gasteiger partial charge in [-0.15, -0.1) is 11.3 Å². The number of ketones is 1. The van der Waals surface area contributed by atoms with Crippen LogP contribution < -0.4 is 0 Å². The van der Waals surface area contributed by atoms with E-state index in [0.29, 0.717) is 49.7 Å². The first-order valence-electron chi connectivity index (χ1n) is 18.3. The molecule has 270 valence electrons. The molecule has 1 fully saturated rings. The summed E-state index contributed by atoms with van der Waals surface area (Å²) in [5.41, 5.74) is 2.79. The Morgan fingerprint density at radius 2 is 1.69 bits per heavy atom. The predicted molar refractivity (Wildman–Crippen MR) is 209 cm³/mol. The molecular weight excluding hydrogens is 687 g/mol. The summed E-state index contributed by atoms with van der Waals surface area (Å²) in [5.74, 6) is -0.315. The van der Waals surface area contributed by atoms with Crippen LogP contribution in [0.2, 0.25) is 0 Å². The molecule has 1 saturated carbocycles. The van der Waals surface area contributed by atoms with E-state index in [1.807, 2.05) is 91.0 Å². The lowest BCUT2D eigenvalue weighted by Crippen LogP contribution is -2.53. The van der Waals surface area contributed by atoms with Crippen molar-refractivity contribution in [1.29, 1.82) is 0 Å². The van der Waals surface area contributed by atoms with Gasteiger partial charge in [0, 0.05) is 29.6 Å². The third-order valence-corrected chi connectivity index (χ3v) is 14.9. The summed E-state index contributed by atoms with van der Waals surface area (Å²) in [4.78, 5) is 14.3. The molecule has 1 aromatic heterocycles. The number of nitrogens with zero attached hydrogens (tertiary/aromatic N) is 1. The van der Waals surface area contributed by atoms with Crippen molar-refractivity contribution in [3.63, 3.8) is 0 Å². The van der Waals surface area contributed by atoms with Crippen LogP contribution >= 0.6 is 11.3 Å². The smallest absolute Gasteiger partial charge is 0.252 e. The van der Waals surface area contributed by atoms with Gasteiger partial charge >= 0.3 is 0 Å². The fourth-order valence-corrected chi connectivity index (χ4v) is 11.2. The van der Waals surface area contributed by atoms with E-state index in [-0.39, 0.29) is 29.0 Å². The molecule has 2 N–H and O–H groups in total. The van der Waals surface area contributed by atoms with Crippen LogP contribution in [0, 0.1) is 5.41 Å². The molecule has 1 heterocycles. The first kappa shape index (κ1) is 36.4. The SMILES string of the molecule is CC1=CCC[C@@]2(C)[C@@H](CC[C@@]2(O)CN(Cc2cccc3ccccc23)S(=O)(=O)c2cccs2)c2ccc(cc2C(=O)c2ccccc2)C[C@@H](O)CC1. The number of aliphatic hydroxyl groups excluding tert-OH is 1. The van der Waals surface area contributed by atoms with Crippen molar-refractivity contribution in [2.75, 3.05) is 6.54 Å². The number of hydrogen-bond acceptors (Lipinski definition) is 6. The van der Waals surface area contributed by atoms with E-state index in [0.717, 1.165) is 33.9 Å². The van der Waals surface area contributed by atoms with Crippen LogP contribution in [0.3, 0.4) is 0 Å². The number of benzene rings is 4. The molecule has 4 atom stereocenters. The number of carbonyl (C=O) groups is 1. The number of carbonyl (C=O) groups excluding carboxylic acids is 1. The molecule has 0 unspecified atom stereocenters. The van der Waals surface area contributed by atoms with Gasteiger partial charge < -0.3 is 10.2 Å². The topological polar surface area (TPSA) is 94.9 Å². The Morgan fingerprint density at radius 1 is 0.923 bits per heavy atom. The zero-order chi connectivity index (χ0) is 36.5. The van der Waals surface area contributed by atoms with E-state index in [4.69, 9.17) is 0 Å². The van der Waals surface area contributed by atoms with Gasteiger partial charge in [0.05, 0.1) is 11.7 Å². The lowest BCUT2D eigenvalue weighted by atomic mass is 9.64. The third-order valence-electron chi connectivity index (χ3n) is 11.7. The Labute approximate surface area is 311 Å². The molecule has 0 amide bonds. The summed E-state index contributed by atoms with van der Waals surface area (Å²) < 4.78 is 30.8. The van der Waals surface area contributed by atoms with Crippen molar-refractivity contribution in [2.24, 2.45) is 5.41 Å². The van der Waals surface area contributed by atoms with Crippen LogP contribution in [0.1, 0.15) is 90.9 Å². The number of hydrogen-bond donors (Lipinski definition) is 2. The molecule has 0 radical (unpaired) electrons. The molecule has 6 nitrogen and oxygen atoms in total. The maximum Gasteiger partial charge on any atom is 0.252 e. The highest BCUT2D eigenvalue weighted by Gasteiger charge is 2.58. The van der Waals surface area contributed by atoms with Crippen molar-refractivity contribution in [3.05, 3.63) is 148 Å². The van der Waals surface area contributed by atoms with Crippen molar-refractivity contribution in [1.82, 2.24) is 4.31 Å². The zero-order valence-corrected chi connectivity index (χ0v) is 31.5. The van der Waals surface area contributed by atoms with Crippen molar-refractivity contribution in [3.8, 4) is 0 Å². The summed E-state index contributed by atoms with van der Waals surface area (Å²) in [6.45, 7) is 4.21. The van der Waals surface area contributed by atoms with Crippen molar-refractivity contribution >= 4 is 37.9 Å². The third kappa shape index (κ3) is 7.07. The number of sulfonamides is 1. The quantitative estimate of drug-likeness (QED) is 0.123. The molecule has 8 rings (SSSR count). The predicted octanol–water partition coefficient (Wildman–Crippen LogP) is 9.06. The number of aliphatic hydroxyl groups is 2. The Morgan fingerprint density at radius 3 is 2.48 bits per heavy atom. The Kier molecular flexibility index (Phi) is 10.4. The highest BCUT2D eigenvalue weighted by atomic mass is 32.2. The lowest BCUT2D eigenvalue weighted by Gasteiger charge is -2.46. The maximum atomic E-state index is 14.5. The van der Waals surface area contributed by atoms with E-state index in [1.165, 1.54) is 21.2 Å². The Bertz CT molecular complexity index is 2190. The Hall–Kier alpha value is -3.92. The minimum absolute atomic E-state index is 0.0849. The van der Waals surface area contributed by atoms with Crippen LogP contribution in [0.25, 0.3) is 10.8 Å². The monoisotopic (exact) mass is 733 g/mol. The first-order chi connectivity index (χ1) is 25.0. The average molecular weight is 734 g/mol. The van der Waals surface area contributed by atoms with Gasteiger partial charge in [-0.2, -0.15) is 4.31 Å². The van der Waals surface area contributed by atoms with Gasteiger partial charge in [-0.05, 0) is 103 Å². The molecule has 0 saturated heterocycles. The highest BCUT2D eigenvalue weighted by molar-refractivity contribution is 7.91. The first-order valence-corrected chi connectivity index (χ1v) is 20.6. The van der Waals surface area contributed by atoms with Crippen LogP contribution in [0.15, 0.2) is 124 Å². The number of fused-ring (bicyclic) bond motifs is 9. The van der Waals surface area contributed by atoms with Crippen LogP contribution in [0.4, 0.5) is 0 Å². The van der Waals surface area contributed by atoms with Crippen LogP contribution in [-0.4, -0.2) is 47.0 Å². The van der Waals surface area contributed by atoms with Gasteiger partial charge in [0.1, 0.15) is 4.21 Å². The molecule has 0 aliphatic heterocycles. The van der Waals surface area contributed by atoms with Gasteiger partial charge in [-0.3, -0.25) is 4.79 Å². The van der Waals surface area contributed by atoms with E-state index < -0.39 is 27.1 Å². The summed E-state index contributed by atoms with van der Waals surface area (Å²) >= 11 is 1.18. The molecule has 5 aromatic rings. The largest absolute Gasteiger partial charge is 0.393 e. The number of thiophene rings is 1. The van der Waals surface area contributed by atoms with Crippen LogP contribution in [-0.2, 0) is 23.0 Å². The summed E-state index contributed by atoms with van der Waals surface area (Å²) in [7, 11) is -3.98. The summed E-state index contributed by atoms with van der Waals surface area (Å²) in [5, 5.41) is 27.9. The fraction of sp³-hybridized carbons (Fsp3) is 0.341. The molecular formula is C44H47NO5S2. The van der Waals surface area contributed by atoms with E-state index >= 15 is 0 Å². The van der Waals surface area contributed by atoms with Gasteiger partial charge in [0.2, 0.25) is 0 Å². The van der Waals surface area contributed by atoms with Crippen molar-refractivity contribution < 1.29 is 23.4 Å². The summed E-state index contributed by atoms with van der Waals surface area (Å²) in [6.07, 6.45) is 5.71. The Balaban J connectivity index is 1.34.